The van der Waals surface area contributed by atoms with Crippen LogP contribution in [0.25, 0.3) is 11.0 Å². The van der Waals surface area contributed by atoms with Gasteiger partial charge in [-0.15, -0.1) is 0 Å². The normalized spacial score (nSPS) is 21.1. The summed E-state index contributed by atoms with van der Waals surface area (Å²) in [5.74, 6) is 0.273. The highest BCUT2D eigenvalue weighted by atomic mass is 16.5. The van der Waals surface area contributed by atoms with Gasteiger partial charge in [-0.1, -0.05) is 25.0 Å². The summed E-state index contributed by atoms with van der Waals surface area (Å²) in [6.45, 7) is 13.2. The molecule has 4 aromatic rings. The molecule has 15 heteroatoms. The molecule has 1 aromatic carbocycles. The monoisotopic (exact) mass is 818 g/mol. The number of ketones is 1. The Kier molecular flexibility index (Phi) is 12.8. The van der Waals surface area contributed by atoms with E-state index in [9.17, 15) is 19.2 Å². The summed E-state index contributed by atoms with van der Waals surface area (Å²) in [6, 6.07) is 12.9. The predicted molar refractivity (Wildman–Crippen MR) is 232 cm³/mol. The van der Waals surface area contributed by atoms with Crippen LogP contribution in [0.4, 0.5) is 23.1 Å². The van der Waals surface area contributed by atoms with Gasteiger partial charge in [0.05, 0.1) is 36.6 Å². The van der Waals surface area contributed by atoms with Crippen LogP contribution in [0.5, 0.6) is 0 Å². The van der Waals surface area contributed by atoms with Crippen LogP contribution in [-0.4, -0.2) is 126 Å². The van der Waals surface area contributed by atoms with Crippen molar-refractivity contribution < 1.29 is 19.1 Å². The average Bonchev–Trinajstić information content (AvgIpc) is 3.80. The van der Waals surface area contributed by atoms with Crippen LogP contribution in [0.3, 0.4) is 0 Å². The summed E-state index contributed by atoms with van der Waals surface area (Å²) in [5.41, 5.74) is 4.48. The number of carbonyl (C=O) groups excluding carboxylic acids is 3. The largest absolute Gasteiger partial charge is 0.378 e. The molecule has 60 heavy (non-hydrogen) atoms. The van der Waals surface area contributed by atoms with Crippen LogP contribution in [0.15, 0.2) is 53.6 Å². The van der Waals surface area contributed by atoms with E-state index in [1.165, 1.54) is 32.9 Å². The Bertz CT molecular complexity index is 2220. The summed E-state index contributed by atoms with van der Waals surface area (Å²) >= 11 is 0. The first-order valence-corrected chi connectivity index (χ1v) is 21.7. The molecule has 0 bridgehead atoms. The van der Waals surface area contributed by atoms with E-state index < -0.39 is 0 Å². The third-order valence-corrected chi connectivity index (χ3v) is 13.0. The Balaban J connectivity index is 0.000000208. The van der Waals surface area contributed by atoms with Gasteiger partial charge in [-0.25, -0.2) is 9.97 Å². The number of hydrogen-bond acceptors (Lipinski definition) is 13. The molecule has 4 aliphatic heterocycles. The predicted octanol–water partition coefficient (Wildman–Crippen LogP) is 4.82. The van der Waals surface area contributed by atoms with Gasteiger partial charge in [0.1, 0.15) is 11.5 Å². The summed E-state index contributed by atoms with van der Waals surface area (Å²) in [7, 11) is 2.22. The van der Waals surface area contributed by atoms with Gasteiger partial charge in [0, 0.05) is 75.0 Å². The number of nitrogens with one attached hydrogen (secondary N) is 2. The molecule has 318 valence electrons. The van der Waals surface area contributed by atoms with Gasteiger partial charge in [-0.05, 0) is 101 Å². The number of pyridine rings is 2. The zero-order valence-corrected chi connectivity index (χ0v) is 35.2. The topological polar surface area (TPSA) is 158 Å². The lowest BCUT2D eigenvalue weighted by Crippen LogP contribution is -2.53. The summed E-state index contributed by atoms with van der Waals surface area (Å²) in [5, 5.41) is 6.37. The fraction of sp³-hybridized carbons (Fsp3) is 0.533. The lowest BCUT2D eigenvalue weighted by atomic mass is 9.90. The minimum Gasteiger partial charge on any atom is -0.378 e. The average molecular weight is 819 g/mol. The van der Waals surface area contributed by atoms with Gasteiger partial charge < -0.3 is 24.8 Å². The van der Waals surface area contributed by atoms with Gasteiger partial charge in [-0.2, -0.15) is 4.98 Å². The highest BCUT2D eigenvalue weighted by Gasteiger charge is 2.30. The third-order valence-electron chi connectivity index (χ3n) is 13.0. The van der Waals surface area contributed by atoms with Crippen LogP contribution < -0.4 is 26.0 Å². The maximum Gasteiger partial charge on any atom is 0.263 e. The van der Waals surface area contributed by atoms with Crippen LogP contribution in [0, 0.1) is 6.92 Å². The van der Waals surface area contributed by atoms with E-state index in [0.717, 1.165) is 100 Å². The number of piperazine rings is 1. The standard InChI is InChI=1S/C30H40N8O2.C15H18N2O3/c1-20-25-19-32-30(34-28(25)38(23-6-4-5-7-23)29(40)27(20)21(2)39)33-26-9-8-24(18-31-26)37-16-14-36(15-17-37)22-10-12-35(3)13-11-22;18-14-6-5-13(15(19)16-14)11-1-3-12(4-2-11)17-7-9-20-10-8-17/h8-9,18-19,22-23H,4-7,10-17H2,1-3H3,(H,31,32,33,34);1-4,13H,5-10H2,(H,16,18,19). The molecule has 1 aliphatic carbocycles. The van der Waals surface area contributed by atoms with Crippen molar-refractivity contribution in [3.05, 3.63) is 75.8 Å². The Morgan fingerprint density at radius 3 is 2.12 bits per heavy atom. The third kappa shape index (κ3) is 9.22. The van der Waals surface area contributed by atoms with Gasteiger partial charge in [-0.3, -0.25) is 34.0 Å². The highest BCUT2D eigenvalue weighted by Crippen LogP contribution is 2.32. The van der Waals surface area contributed by atoms with Crippen molar-refractivity contribution in [2.45, 2.75) is 83.2 Å². The van der Waals surface area contributed by atoms with Crippen molar-refractivity contribution in [3.8, 4) is 0 Å². The number of carbonyl (C=O) groups is 3. The van der Waals surface area contributed by atoms with Crippen molar-refractivity contribution in [1.82, 2.24) is 34.6 Å². The molecule has 5 aliphatic rings. The molecule has 3 aromatic heterocycles. The molecule has 7 heterocycles. The van der Waals surface area contributed by atoms with Gasteiger partial charge in [0.2, 0.25) is 17.8 Å². The number of amides is 2. The number of imide groups is 1. The summed E-state index contributed by atoms with van der Waals surface area (Å²) < 4.78 is 7.07. The number of aromatic nitrogens is 4. The Morgan fingerprint density at radius 2 is 1.47 bits per heavy atom. The Hall–Kier alpha value is -5.25. The quantitative estimate of drug-likeness (QED) is 0.185. The molecular formula is C45H58N10O5. The number of Topliss-reactive ketones (excluding diaryl/α,β-unsaturated/α-hetero) is 1. The van der Waals surface area contributed by atoms with Crippen molar-refractivity contribution in [1.29, 1.82) is 0 Å². The second-order valence-electron chi connectivity index (χ2n) is 16.9. The molecule has 9 rings (SSSR count). The Morgan fingerprint density at radius 1 is 0.783 bits per heavy atom. The van der Waals surface area contributed by atoms with E-state index in [1.807, 2.05) is 43.5 Å². The molecule has 0 radical (unpaired) electrons. The number of likely N-dealkylation sites (tertiary alicyclic amines) is 1. The molecule has 15 nitrogen and oxygen atoms in total. The fourth-order valence-electron chi connectivity index (χ4n) is 9.53. The van der Waals surface area contributed by atoms with E-state index in [1.54, 1.807) is 10.8 Å². The van der Waals surface area contributed by atoms with E-state index >= 15 is 0 Å². The first kappa shape index (κ1) is 41.5. The van der Waals surface area contributed by atoms with Gasteiger partial charge >= 0.3 is 0 Å². The van der Waals surface area contributed by atoms with Crippen LogP contribution in [-0.2, 0) is 14.3 Å². The number of morpholine rings is 1. The van der Waals surface area contributed by atoms with Crippen molar-refractivity contribution in [2.24, 2.45) is 0 Å². The Labute approximate surface area is 351 Å². The number of hydrogen-bond donors (Lipinski definition) is 2. The van der Waals surface area contributed by atoms with Crippen molar-refractivity contribution in [3.63, 3.8) is 0 Å². The van der Waals surface area contributed by atoms with Gasteiger partial charge in [0.15, 0.2) is 5.78 Å². The summed E-state index contributed by atoms with van der Waals surface area (Å²) in [4.78, 5) is 72.5. The molecular weight excluding hydrogens is 761 g/mol. The van der Waals surface area contributed by atoms with E-state index in [4.69, 9.17) is 9.72 Å². The van der Waals surface area contributed by atoms with Gasteiger partial charge in [0.25, 0.3) is 5.56 Å². The minimum atomic E-state index is -0.243. The first-order valence-electron chi connectivity index (χ1n) is 21.7. The van der Waals surface area contributed by atoms with Crippen LogP contribution in [0.1, 0.15) is 91.7 Å². The van der Waals surface area contributed by atoms with E-state index in [0.29, 0.717) is 41.9 Å². The van der Waals surface area contributed by atoms with Crippen molar-refractivity contribution >= 4 is 51.8 Å². The lowest BCUT2D eigenvalue weighted by molar-refractivity contribution is -0.134. The lowest BCUT2D eigenvalue weighted by Gasteiger charge is -2.42. The molecule has 4 saturated heterocycles. The first-order chi connectivity index (χ1) is 29.1. The number of rotatable bonds is 8. The SMILES string of the molecule is CC(=O)c1c(C)c2cnc(Nc3ccc(N4CCN(C5CCN(C)CC5)CC4)cn3)nc2n(C2CCCC2)c1=O.O=C1CCC(c2ccc(N3CCOCC3)cc2)C(=O)N1. The number of anilines is 4. The van der Waals surface area contributed by atoms with E-state index in [2.05, 4.69) is 53.3 Å². The number of piperidine rings is 2. The molecule has 2 N–H and O–H groups in total. The van der Waals surface area contributed by atoms with Crippen LogP contribution in [0.2, 0.25) is 0 Å². The van der Waals surface area contributed by atoms with E-state index in [-0.39, 0.29) is 40.7 Å². The molecule has 0 spiro atoms. The number of fused-ring (bicyclic) bond motifs is 1. The highest BCUT2D eigenvalue weighted by molar-refractivity contribution is 6.01. The molecule has 2 amide bonds. The second-order valence-corrected chi connectivity index (χ2v) is 16.9. The fourth-order valence-corrected chi connectivity index (χ4v) is 9.53. The molecule has 1 unspecified atom stereocenters. The molecule has 1 atom stereocenters. The zero-order valence-electron chi connectivity index (χ0n) is 35.2. The van der Waals surface area contributed by atoms with Crippen LogP contribution >= 0.6 is 0 Å². The second kappa shape index (κ2) is 18.6. The van der Waals surface area contributed by atoms with Crippen molar-refractivity contribution in [2.75, 3.05) is 87.7 Å². The maximum absolute atomic E-state index is 13.5. The molecule has 1 saturated carbocycles. The minimum absolute atomic E-state index is 0.0498. The zero-order chi connectivity index (χ0) is 41.8. The summed E-state index contributed by atoms with van der Waals surface area (Å²) in [6.07, 6.45) is 11.1. The number of aryl methyl sites for hydroxylation is 1. The number of nitrogens with zero attached hydrogens (tertiary/aromatic N) is 8. The number of ether oxygens (including phenoxy) is 1. The molecule has 5 fully saturated rings. The maximum atomic E-state index is 13.5. The number of benzene rings is 1. The smallest absolute Gasteiger partial charge is 0.263 e.